The predicted octanol–water partition coefficient (Wildman–Crippen LogP) is 4.28. The van der Waals surface area contributed by atoms with Crippen molar-refractivity contribution in [3.63, 3.8) is 0 Å². The number of pyridine rings is 1. The summed E-state index contributed by atoms with van der Waals surface area (Å²) in [7, 11) is 0. The minimum absolute atomic E-state index is 0.0980. The molecule has 0 spiro atoms. The molecule has 0 atom stereocenters. The summed E-state index contributed by atoms with van der Waals surface area (Å²) in [6, 6.07) is 14.4. The Morgan fingerprint density at radius 1 is 1.09 bits per heavy atom. The molecule has 0 bridgehead atoms. The third-order valence-corrected chi connectivity index (χ3v) is 6.16. The van der Waals surface area contributed by atoms with Crippen LogP contribution in [0.4, 0.5) is 5.82 Å². The molecule has 4 rings (SSSR count). The molecule has 178 valence electrons. The van der Waals surface area contributed by atoms with Crippen molar-refractivity contribution in [3.05, 3.63) is 75.9 Å². The molecule has 0 saturated carbocycles. The van der Waals surface area contributed by atoms with E-state index in [1.807, 2.05) is 24.3 Å². The topological polar surface area (TPSA) is 89.7 Å². The Morgan fingerprint density at radius 2 is 1.85 bits per heavy atom. The smallest absolute Gasteiger partial charge is 0.251 e. The molecule has 34 heavy (non-hydrogen) atoms. The molecule has 2 aromatic carbocycles. The van der Waals surface area contributed by atoms with E-state index in [2.05, 4.69) is 15.2 Å². The first kappa shape index (κ1) is 24.3. The van der Waals surface area contributed by atoms with Gasteiger partial charge in [-0.3, -0.25) is 9.69 Å². The first-order valence-electron chi connectivity index (χ1n) is 11.0. The number of hydrogen-bond acceptors (Lipinski definition) is 6. The highest BCUT2D eigenvalue weighted by Gasteiger charge is 2.12. The van der Waals surface area contributed by atoms with Crippen LogP contribution < -0.4 is 15.8 Å². The van der Waals surface area contributed by atoms with E-state index in [-0.39, 0.29) is 18.3 Å². The largest absolute Gasteiger partial charge is 0.485 e. The van der Waals surface area contributed by atoms with E-state index in [1.54, 1.807) is 30.5 Å². The van der Waals surface area contributed by atoms with Crippen molar-refractivity contribution in [1.29, 1.82) is 0 Å². The SMILES string of the molecule is Nc1ncc(-c2ccc(C(=O)NCCN3CCOCC3)cc2)cc1OCc1ccc(Cl)cc1Cl. The number of anilines is 1. The number of carbonyl (C=O) groups is 1. The van der Waals surface area contributed by atoms with Crippen LogP contribution in [-0.4, -0.2) is 55.2 Å². The van der Waals surface area contributed by atoms with Gasteiger partial charge in [0.15, 0.2) is 11.6 Å². The summed E-state index contributed by atoms with van der Waals surface area (Å²) in [5.74, 6) is 0.637. The molecule has 9 heteroatoms. The lowest BCUT2D eigenvalue weighted by Gasteiger charge is -2.26. The number of nitrogens with zero attached hydrogens (tertiary/aromatic N) is 2. The molecule has 1 aliphatic rings. The molecule has 0 aliphatic carbocycles. The summed E-state index contributed by atoms with van der Waals surface area (Å²) in [4.78, 5) is 19.0. The summed E-state index contributed by atoms with van der Waals surface area (Å²) in [5.41, 5.74) is 9.12. The van der Waals surface area contributed by atoms with Crippen molar-refractivity contribution in [2.75, 3.05) is 45.1 Å². The van der Waals surface area contributed by atoms with Gasteiger partial charge in [0, 0.05) is 59.1 Å². The fraction of sp³-hybridized carbons (Fsp3) is 0.280. The van der Waals surface area contributed by atoms with E-state index >= 15 is 0 Å². The van der Waals surface area contributed by atoms with E-state index in [0.717, 1.165) is 49.5 Å². The van der Waals surface area contributed by atoms with E-state index in [9.17, 15) is 4.79 Å². The number of nitrogens with one attached hydrogen (secondary N) is 1. The van der Waals surface area contributed by atoms with Crippen LogP contribution in [-0.2, 0) is 11.3 Å². The van der Waals surface area contributed by atoms with Crippen LogP contribution in [0.3, 0.4) is 0 Å². The highest BCUT2D eigenvalue weighted by atomic mass is 35.5. The third kappa shape index (κ3) is 6.39. The van der Waals surface area contributed by atoms with Gasteiger partial charge in [0.25, 0.3) is 5.91 Å². The van der Waals surface area contributed by atoms with E-state index in [1.165, 1.54) is 0 Å². The molecular weight excluding hydrogens is 475 g/mol. The lowest BCUT2D eigenvalue weighted by atomic mass is 10.0. The Morgan fingerprint density at radius 3 is 2.59 bits per heavy atom. The van der Waals surface area contributed by atoms with E-state index in [0.29, 0.717) is 27.9 Å². The zero-order chi connectivity index (χ0) is 23.9. The Kier molecular flexibility index (Phi) is 8.24. The van der Waals surface area contributed by atoms with Crippen molar-refractivity contribution in [2.24, 2.45) is 0 Å². The molecule has 3 N–H and O–H groups in total. The van der Waals surface area contributed by atoms with Crippen LogP contribution in [0.15, 0.2) is 54.7 Å². The fourth-order valence-electron chi connectivity index (χ4n) is 3.59. The second-order valence-electron chi connectivity index (χ2n) is 7.92. The van der Waals surface area contributed by atoms with Crippen LogP contribution in [0.1, 0.15) is 15.9 Å². The number of hydrogen-bond donors (Lipinski definition) is 2. The number of aromatic nitrogens is 1. The molecule has 3 aromatic rings. The minimum atomic E-state index is -0.0980. The molecule has 7 nitrogen and oxygen atoms in total. The number of ether oxygens (including phenoxy) is 2. The highest BCUT2D eigenvalue weighted by molar-refractivity contribution is 6.35. The van der Waals surface area contributed by atoms with Crippen molar-refractivity contribution in [2.45, 2.75) is 6.61 Å². The Bertz CT molecular complexity index is 1140. The summed E-state index contributed by atoms with van der Waals surface area (Å²) in [5, 5.41) is 4.06. The van der Waals surface area contributed by atoms with Crippen molar-refractivity contribution in [1.82, 2.24) is 15.2 Å². The molecule has 1 aromatic heterocycles. The van der Waals surface area contributed by atoms with Crippen LogP contribution in [0.25, 0.3) is 11.1 Å². The summed E-state index contributed by atoms with van der Waals surface area (Å²) in [6.45, 7) is 4.94. The predicted molar refractivity (Wildman–Crippen MR) is 134 cm³/mol. The lowest BCUT2D eigenvalue weighted by molar-refractivity contribution is 0.0383. The molecule has 1 saturated heterocycles. The maximum absolute atomic E-state index is 12.5. The van der Waals surface area contributed by atoms with Crippen LogP contribution in [0, 0.1) is 0 Å². The monoisotopic (exact) mass is 500 g/mol. The number of benzene rings is 2. The molecule has 0 radical (unpaired) electrons. The highest BCUT2D eigenvalue weighted by Crippen LogP contribution is 2.29. The lowest BCUT2D eigenvalue weighted by Crippen LogP contribution is -2.41. The third-order valence-electron chi connectivity index (χ3n) is 5.58. The minimum Gasteiger partial charge on any atom is -0.485 e. The number of halogens is 2. The van der Waals surface area contributed by atoms with E-state index < -0.39 is 0 Å². The second kappa shape index (κ2) is 11.5. The zero-order valence-corrected chi connectivity index (χ0v) is 20.1. The molecule has 2 heterocycles. The molecule has 1 amide bonds. The Balaban J connectivity index is 1.36. The average molecular weight is 501 g/mol. The second-order valence-corrected chi connectivity index (χ2v) is 8.76. The maximum Gasteiger partial charge on any atom is 0.251 e. The number of nitrogen functional groups attached to an aromatic ring is 1. The van der Waals surface area contributed by atoms with Gasteiger partial charge in [-0.05, 0) is 35.9 Å². The van der Waals surface area contributed by atoms with Gasteiger partial charge in [0.2, 0.25) is 0 Å². The first-order chi connectivity index (χ1) is 16.5. The maximum atomic E-state index is 12.5. The fourth-order valence-corrected chi connectivity index (χ4v) is 4.05. The summed E-state index contributed by atoms with van der Waals surface area (Å²) < 4.78 is 11.2. The van der Waals surface area contributed by atoms with Crippen molar-refractivity contribution >= 4 is 34.9 Å². The molecule has 1 fully saturated rings. The Labute approximate surface area is 208 Å². The van der Waals surface area contributed by atoms with Gasteiger partial charge in [-0.2, -0.15) is 0 Å². The van der Waals surface area contributed by atoms with Gasteiger partial charge in [-0.1, -0.05) is 41.4 Å². The average Bonchev–Trinajstić information content (AvgIpc) is 2.85. The molecule has 0 unspecified atom stereocenters. The van der Waals surface area contributed by atoms with Gasteiger partial charge in [0.1, 0.15) is 6.61 Å². The van der Waals surface area contributed by atoms with Gasteiger partial charge in [-0.25, -0.2) is 4.98 Å². The van der Waals surface area contributed by atoms with Crippen LogP contribution in [0.2, 0.25) is 10.0 Å². The number of amides is 1. The quantitative estimate of drug-likeness (QED) is 0.479. The number of rotatable bonds is 8. The number of nitrogens with two attached hydrogens (primary N) is 1. The summed E-state index contributed by atoms with van der Waals surface area (Å²) in [6.07, 6.45) is 1.68. The van der Waals surface area contributed by atoms with Crippen molar-refractivity contribution < 1.29 is 14.3 Å². The van der Waals surface area contributed by atoms with E-state index in [4.69, 9.17) is 38.4 Å². The van der Waals surface area contributed by atoms with Gasteiger partial charge in [0.05, 0.1) is 13.2 Å². The first-order valence-corrected chi connectivity index (χ1v) is 11.8. The summed E-state index contributed by atoms with van der Waals surface area (Å²) >= 11 is 12.2. The molecular formula is C25H26Cl2N4O3. The van der Waals surface area contributed by atoms with Gasteiger partial charge < -0.3 is 20.5 Å². The number of carbonyl (C=O) groups excluding carboxylic acids is 1. The Hall–Kier alpha value is -2.84. The van der Waals surface area contributed by atoms with Crippen LogP contribution >= 0.6 is 23.2 Å². The van der Waals surface area contributed by atoms with Crippen LogP contribution in [0.5, 0.6) is 5.75 Å². The standard InChI is InChI=1S/C25H26Cl2N4O3/c26-21-6-5-19(22(27)14-21)16-34-23-13-20(15-30-24(23)28)17-1-3-18(4-2-17)25(32)29-7-8-31-9-11-33-12-10-31/h1-6,13-15H,7-12,16H2,(H2,28,30)(H,29,32). The van der Waals surface area contributed by atoms with Gasteiger partial charge in [-0.15, -0.1) is 0 Å². The molecule has 1 aliphatic heterocycles. The normalized spacial score (nSPS) is 14.1. The number of morpholine rings is 1. The van der Waals surface area contributed by atoms with Gasteiger partial charge >= 0.3 is 0 Å². The zero-order valence-electron chi connectivity index (χ0n) is 18.6. The van der Waals surface area contributed by atoms with Crippen molar-refractivity contribution in [3.8, 4) is 16.9 Å².